The molecule has 1 amide bonds. The molecule has 2 rings (SSSR count). The van der Waals surface area contributed by atoms with Gasteiger partial charge >= 0.3 is 0 Å². The fraction of sp³-hybridized carbons (Fsp3) is 0.385. The summed E-state index contributed by atoms with van der Waals surface area (Å²) in [6, 6.07) is 5.66. The molecule has 1 heterocycles. The Bertz CT molecular complexity index is 527. The number of halogens is 1. The second-order valence-electron chi connectivity index (χ2n) is 4.16. The number of carbonyl (C=O) groups excluding carboxylic acids is 1. The van der Waals surface area contributed by atoms with Crippen molar-refractivity contribution in [3.8, 4) is 11.8 Å². The monoisotopic (exact) mass is 263 g/mol. The minimum atomic E-state index is -0.639. The summed E-state index contributed by atoms with van der Waals surface area (Å²) < 4.78 is 18.9. The quantitative estimate of drug-likeness (QED) is 0.856. The number of amides is 1. The van der Waals surface area contributed by atoms with E-state index in [1.54, 1.807) is 0 Å². The number of piperazine rings is 1. The van der Waals surface area contributed by atoms with Crippen LogP contribution >= 0.6 is 0 Å². The highest BCUT2D eigenvalue weighted by molar-refractivity contribution is 5.97. The standard InChI is InChI=1S/C13H14FN3O2/c1-19-11-4-2-3-10(14)12(11)13(18)17-6-5-16-8-9(17)7-15/h2-4,9,16H,5-6,8H2,1H3. The Labute approximate surface area is 110 Å². The Kier molecular flexibility index (Phi) is 3.97. The molecule has 1 aliphatic rings. The number of nitrogens with one attached hydrogen (secondary N) is 1. The van der Waals surface area contributed by atoms with E-state index in [1.165, 1.54) is 30.2 Å². The van der Waals surface area contributed by atoms with E-state index in [1.807, 2.05) is 6.07 Å². The molecule has 1 aromatic rings. The van der Waals surface area contributed by atoms with E-state index in [2.05, 4.69) is 5.32 Å². The van der Waals surface area contributed by atoms with Crippen LogP contribution in [-0.2, 0) is 0 Å². The highest BCUT2D eigenvalue weighted by atomic mass is 19.1. The van der Waals surface area contributed by atoms with Gasteiger partial charge in [0.15, 0.2) is 0 Å². The van der Waals surface area contributed by atoms with Crippen molar-refractivity contribution >= 4 is 5.91 Å². The van der Waals surface area contributed by atoms with E-state index in [0.717, 1.165) is 0 Å². The molecule has 6 heteroatoms. The highest BCUT2D eigenvalue weighted by Gasteiger charge is 2.30. The van der Waals surface area contributed by atoms with Crippen molar-refractivity contribution in [2.24, 2.45) is 0 Å². The summed E-state index contributed by atoms with van der Waals surface area (Å²) >= 11 is 0. The summed E-state index contributed by atoms with van der Waals surface area (Å²) in [5, 5.41) is 12.1. The number of methoxy groups -OCH3 is 1. The van der Waals surface area contributed by atoms with Crippen molar-refractivity contribution in [1.82, 2.24) is 10.2 Å². The molecular weight excluding hydrogens is 249 g/mol. The van der Waals surface area contributed by atoms with Crippen LogP contribution in [0.3, 0.4) is 0 Å². The molecule has 19 heavy (non-hydrogen) atoms. The first-order valence-corrected chi connectivity index (χ1v) is 5.93. The summed E-state index contributed by atoms with van der Waals surface area (Å²) in [5.41, 5.74) is -0.118. The zero-order chi connectivity index (χ0) is 13.8. The van der Waals surface area contributed by atoms with Crippen LogP contribution < -0.4 is 10.1 Å². The molecule has 100 valence electrons. The van der Waals surface area contributed by atoms with Gasteiger partial charge in [0.2, 0.25) is 0 Å². The minimum Gasteiger partial charge on any atom is -0.496 e. The minimum absolute atomic E-state index is 0.118. The first kappa shape index (κ1) is 13.3. The smallest absolute Gasteiger partial charge is 0.261 e. The predicted molar refractivity (Wildman–Crippen MR) is 66.3 cm³/mol. The summed E-state index contributed by atoms with van der Waals surface area (Å²) in [6.07, 6.45) is 0. The molecule has 1 atom stereocenters. The molecule has 1 aliphatic heterocycles. The Morgan fingerprint density at radius 2 is 2.42 bits per heavy atom. The third-order valence-corrected chi connectivity index (χ3v) is 3.06. The van der Waals surface area contributed by atoms with Gasteiger partial charge in [0.25, 0.3) is 5.91 Å². The van der Waals surface area contributed by atoms with Crippen molar-refractivity contribution < 1.29 is 13.9 Å². The molecule has 1 saturated heterocycles. The maximum Gasteiger partial charge on any atom is 0.261 e. The zero-order valence-electron chi connectivity index (χ0n) is 10.5. The first-order valence-electron chi connectivity index (χ1n) is 5.93. The summed E-state index contributed by atoms with van der Waals surface area (Å²) in [4.78, 5) is 13.8. The van der Waals surface area contributed by atoms with Gasteiger partial charge in [-0.2, -0.15) is 5.26 Å². The molecule has 1 N–H and O–H groups in total. The van der Waals surface area contributed by atoms with Crippen molar-refractivity contribution in [2.45, 2.75) is 6.04 Å². The number of carbonyl (C=O) groups is 1. The molecule has 5 nitrogen and oxygen atoms in total. The lowest BCUT2D eigenvalue weighted by Gasteiger charge is -2.32. The molecule has 1 aromatic carbocycles. The molecular formula is C13H14FN3O2. The Morgan fingerprint density at radius 3 is 3.11 bits per heavy atom. The van der Waals surface area contributed by atoms with Crippen LogP contribution in [0.5, 0.6) is 5.75 Å². The van der Waals surface area contributed by atoms with Crippen molar-refractivity contribution in [1.29, 1.82) is 5.26 Å². The van der Waals surface area contributed by atoms with E-state index >= 15 is 0 Å². The van der Waals surface area contributed by atoms with E-state index in [9.17, 15) is 9.18 Å². The van der Waals surface area contributed by atoms with Gasteiger partial charge in [-0.15, -0.1) is 0 Å². The van der Waals surface area contributed by atoms with Crippen LogP contribution in [0.25, 0.3) is 0 Å². The molecule has 1 fully saturated rings. The van der Waals surface area contributed by atoms with Gasteiger partial charge in [0.1, 0.15) is 23.2 Å². The van der Waals surface area contributed by atoms with Crippen LogP contribution in [0, 0.1) is 17.1 Å². The zero-order valence-corrected chi connectivity index (χ0v) is 10.5. The lowest BCUT2D eigenvalue weighted by molar-refractivity contribution is 0.0678. The number of benzene rings is 1. The number of hydrogen-bond acceptors (Lipinski definition) is 4. The molecule has 0 aromatic heterocycles. The highest BCUT2D eigenvalue weighted by Crippen LogP contribution is 2.24. The van der Waals surface area contributed by atoms with E-state index in [0.29, 0.717) is 19.6 Å². The number of ether oxygens (including phenoxy) is 1. The van der Waals surface area contributed by atoms with Crippen LogP contribution in [0.15, 0.2) is 18.2 Å². The SMILES string of the molecule is COc1cccc(F)c1C(=O)N1CCNCC1C#N. The fourth-order valence-electron chi connectivity index (χ4n) is 2.09. The van der Waals surface area contributed by atoms with Crippen LogP contribution in [0.2, 0.25) is 0 Å². The van der Waals surface area contributed by atoms with E-state index < -0.39 is 17.8 Å². The number of hydrogen-bond donors (Lipinski definition) is 1. The van der Waals surface area contributed by atoms with Crippen LogP contribution in [0.1, 0.15) is 10.4 Å². The molecule has 0 saturated carbocycles. The van der Waals surface area contributed by atoms with Crippen molar-refractivity contribution in [3.05, 3.63) is 29.6 Å². The normalized spacial score (nSPS) is 18.8. The largest absolute Gasteiger partial charge is 0.496 e. The third-order valence-electron chi connectivity index (χ3n) is 3.06. The topological polar surface area (TPSA) is 65.4 Å². The first-order chi connectivity index (χ1) is 9.19. The van der Waals surface area contributed by atoms with Crippen LogP contribution in [-0.4, -0.2) is 43.6 Å². The maximum absolute atomic E-state index is 13.8. The van der Waals surface area contributed by atoms with Gasteiger partial charge in [0, 0.05) is 19.6 Å². The molecule has 0 radical (unpaired) electrons. The molecule has 0 bridgehead atoms. The second kappa shape index (κ2) is 5.67. The summed E-state index contributed by atoms with van der Waals surface area (Å²) in [7, 11) is 1.38. The van der Waals surface area contributed by atoms with Gasteiger partial charge in [-0.1, -0.05) is 6.07 Å². The molecule has 0 aliphatic carbocycles. The molecule has 0 spiro atoms. The third kappa shape index (κ3) is 2.51. The fourth-order valence-corrected chi connectivity index (χ4v) is 2.09. The molecule has 1 unspecified atom stereocenters. The lowest BCUT2D eigenvalue weighted by atomic mass is 10.1. The summed E-state index contributed by atoms with van der Waals surface area (Å²) in [5.74, 6) is -0.970. The van der Waals surface area contributed by atoms with E-state index in [4.69, 9.17) is 10.00 Å². The number of nitriles is 1. The van der Waals surface area contributed by atoms with Crippen LogP contribution in [0.4, 0.5) is 4.39 Å². The predicted octanol–water partition coefficient (Wildman–Crippen LogP) is 0.772. The number of rotatable bonds is 2. The Hall–Kier alpha value is -2.13. The van der Waals surface area contributed by atoms with E-state index in [-0.39, 0.29) is 11.3 Å². The number of nitrogens with zero attached hydrogens (tertiary/aromatic N) is 2. The van der Waals surface area contributed by atoms with Crippen molar-refractivity contribution in [3.63, 3.8) is 0 Å². The van der Waals surface area contributed by atoms with Crippen molar-refractivity contribution in [2.75, 3.05) is 26.7 Å². The van der Waals surface area contributed by atoms with Gasteiger partial charge in [-0.25, -0.2) is 4.39 Å². The lowest BCUT2D eigenvalue weighted by Crippen LogP contribution is -2.53. The Morgan fingerprint density at radius 1 is 1.63 bits per heavy atom. The van der Waals surface area contributed by atoms with Gasteiger partial charge < -0.3 is 15.0 Å². The average Bonchev–Trinajstić information content (AvgIpc) is 2.46. The van der Waals surface area contributed by atoms with Gasteiger partial charge in [0.05, 0.1) is 13.2 Å². The van der Waals surface area contributed by atoms with Gasteiger partial charge in [-0.3, -0.25) is 4.79 Å². The second-order valence-corrected chi connectivity index (χ2v) is 4.16. The van der Waals surface area contributed by atoms with Gasteiger partial charge in [-0.05, 0) is 12.1 Å². The average molecular weight is 263 g/mol. The summed E-state index contributed by atoms with van der Waals surface area (Å²) in [6.45, 7) is 1.34. The maximum atomic E-state index is 13.8. The Balaban J connectivity index is 2.36.